The van der Waals surface area contributed by atoms with Crippen LogP contribution < -0.4 is 14.8 Å². The lowest BCUT2D eigenvalue weighted by Gasteiger charge is -2.09. The lowest BCUT2D eigenvalue weighted by Crippen LogP contribution is -2.13. The zero-order chi connectivity index (χ0) is 23.0. The van der Waals surface area contributed by atoms with Gasteiger partial charge in [-0.05, 0) is 66.6 Å². The summed E-state index contributed by atoms with van der Waals surface area (Å²) in [6, 6.07) is 22.7. The lowest BCUT2D eigenvalue weighted by atomic mass is 10.1. The van der Waals surface area contributed by atoms with Crippen LogP contribution in [-0.4, -0.2) is 22.3 Å². The molecule has 0 spiro atoms. The Morgan fingerprint density at radius 1 is 0.939 bits per heavy atom. The van der Waals surface area contributed by atoms with Crippen LogP contribution in [-0.2, 0) is 13.2 Å². The summed E-state index contributed by atoms with van der Waals surface area (Å²) < 4.78 is 26.3. The largest absolute Gasteiger partial charge is 0.494 e. The van der Waals surface area contributed by atoms with Crippen LogP contribution in [0, 0.1) is 5.82 Å². The van der Waals surface area contributed by atoms with Crippen LogP contribution in [0.2, 0.25) is 0 Å². The van der Waals surface area contributed by atoms with Crippen molar-refractivity contribution in [1.82, 2.24) is 9.78 Å². The Hall–Kier alpha value is -4.13. The predicted octanol–water partition coefficient (Wildman–Crippen LogP) is 5.30. The van der Waals surface area contributed by atoms with Crippen LogP contribution in [0.1, 0.15) is 28.4 Å². The molecule has 0 saturated carbocycles. The van der Waals surface area contributed by atoms with E-state index in [4.69, 9.17) is 9.47 Å². The first-order chi connectivity index (χ1) is 16.1. The second-order valence-corrected chi connectivity index (χ2v) is 7.38. The molecule has 33 heavy (non-hydrogen) atoms. The van der Waals surface area contributed by atoms with E-state index in [1.165, 1.54) is 12.1 Å². The summed E-state index contributed by atoms with van der Waals surface area (Å²) in [4.78, 5) is 12.7. The molecule has 4 aromatic rings. The molecule has 0 saturated heterocycles. The molecule has 4 rings (SSSR count). The normalized spacial score (nSPS) is 10.6. The van der Waals surface area contributed by atoms with Crippen LogP contribution in [0.25, 0.3) is 0 Å². The Balaban J connectivity index is 1.34. The van der Waals surface area contributed by atoms with E-state index < -0.39 is 0 Å². The van der Waals surface area contributed by atoms with Crippen LogP contribution >= 0.6 is 0 Å². The van der Waals surface area contributed by atoms with Gasteiger partial charge >= 0.3 is 0 Å². The number of nitrogens with zero attached hydrogens (tertiary/aromatic N) is 2. The summed E-state index contributed by atoms with van der Waals surface area (Å²) in [5, 5.41) is 7.14. The summed E-state index contributed by atoms with van der Waals surface area (Å²) in [7, 11) is 0. The zero-order valence-electron chi connectivity index (χ0n) is 18.2. The maximum absolute atomic E-state index is 13.4. The van der Waals surface area contributed by atoms with Gasteiger partial charge in [-0.15, -0.1) is 0 Å². The maximum Gasteiger partial charge on any atom is 0.256 e. The molecular formula is C26H24FN3O3. The fourth-order valence-electron chi connectivity index (χ4n) is 3.30. The predicted molar refractivity (Wildman–Crippen MR) is 124 cm³/mol. The number of rotatable bonds is 9. The number of carbonyl (C=O) groups excluding carboxylic acids is 1. The second-order valence-electron chi connectivity index (χ2n) is 7.38. The smallest absolute Gasteiger partial charge is 0.256 e. The van der Waals surface area contributed by atoms with Gasteiger partial charge in [-0.25, -0.2) is 4.39 Å². The van der Waals surface area contributed by atoms with Crippen molar-refractivity contribution in [1.29, 1.82) is 0 Å². The third-order valence-electron chi connectivity index (χ3n) is 4.85. The van der Waals surface area contributed by atoms with Gasteiger partial charge in [0.2, 0.25) is 0 Å². The average Bonchev–Trinajstić information content (AvgIpc) is 3.25. The van der Waals surface area contributed by atoms with Gasteiger partial charge in [0, 0.05) is 17.8 Å². The minimum atomic E-state index is -0.292. The van der Waals surface area contributed by atoms with Crippen molar-refractivity contribution >= 4 is 11.7 Å². The van der Waals surface area contributed by atoms with Crippen molar-refractivity contribution in [2.45, 2.75) is 20.1 Å². The number of carbonyl (C=O) groups is 1. The van der Waals surface area contributed by atoms with E-state index in [-0.39, 0.29) is 11.7 Å². The molecule has 0 aliphatic carbocycles. The molecule has 0 radical (unpaired) electrons. The van der Waals surface area contributed by atoms with Gasteiger partial charge in [-0.3, -0.25) is 9.48 Å². The summed E-state index contributed by atoms with van der Waals surface area (Å²) >= 11 is 0. The minimum Gasteiger partial charge on any atom is -0.494 e. The Morgan fingerprint density at radius 2 is 1.67 bits per heavy atom. The van der Waals surface area contributed by atoms with Crippen molar-refractivity contribution in [2.75, 3.05) is 11.9 Å². The molecule has 1 amide bonds. The van der Waals surface area contributed by atoms with Crippen molar-refractivity contribution in [2.24, 2.45) is 0 Å². The number of halogens is 1. The van der Waals surface area contributed by atoms with Crippen LogP contribution in [0.15, 0.2) is 85.1 Å². The SMILES string of the molecule is CCOc1ccc(OCc2cccc(C(=O)Nc3ccn(Cc4cccc(F)c4)n3)c2)cc1. The lowest BCUT2D eigenvalue weighted by molar-refractivity contribution is 0.102. The molecule has 0 aliphatic heterocycles. The van der Waals surface area contributed by atoms with Crippen molar-refractivity contribution in [3.8, 4) is 11.5 Å². The van der Waals surface area contributed by atoms with Crippen LogP contribution in [0.3, 0.4) is 0 Å². The fourth-order valence-corrected chi connectivity index (χ4v) is 3.30. The van der Waals surface area contributed by atoms with Gasteiger partial charge in [0.25, 0.3) is 5.91 Å². The van der Waals surface area contributed by atoms with Crippen molar-refractivity contribution in [3.05, 3.63) is 108 Å². The van der Waals surface area contributed by atoms with Gasteiger partial charge in [-0.2, -0.15) is 5.10 Å². The Kier molecular flexibility index (Phi) is 6.99. The molecule has 3 aromatic carbocycles. The van der Waals surface area contributed by atoms with Gasteiger partial charge in [0.05, 0.1) is 13.2 Å². The maximum atomic E-state index is 13.4. The number of aromatic nitrogens is 2. The van der Waals surface area contributed by atoms with Gasteiger partial charge in [0.15, 0.2) is 5.82 Å². The topological polar surface area (TPSA) is 65.4 Å². The van der Waals surface area contributed by atoms with Gasteiger partial charge in [0.1, 0.15) is 23.9 Å². The van der Waals surface area contributed by atoms with E-state index in [2.05, 4.69) is 10.4 Å². The molecule has 0 atom stereocenters. The Labute approximate surface area is 191 Å². The number of anilines is 1. The van der Waals surface area contributed by atoms with Crippen LogP contribution in [0.4, 0.5) is 10.2 Å². The monoisotopic (exact) mass is 445 g/mol. The van der Waals surface area contributed by atoms with Crippen LogP contribution in [0.5, 0.6) is 11.5 Å². The number of amides is 1. The molecule has 1 N–H and O–H groups in total. The standard InChI is InChI=1S/C26H24FN3O3/c1-2-32-23-9-11-24(12-10-23)33-18-20-6-3-7-21(15-20)26(31)28-25-13-14-30(29-25)17-19-5-4-8-22(27)16-19/h3-16H,2,17-18H2,1H3,(H,28,29,31). The highest BCUT2D eigenvalue weighted by Gasteiger charge is 2.10. The van der Waals surface area contributed by atoms with Crippen molar-refractivity contribution in [3.63, 3.8) is 0 Å². The number of ether oxygens (including phenoxy) is 2. The van der Waals surface area contributed by atoms with E-state index in [0.717, 1.165) is 22.6 Å². The Morgan fingerprint density at radius 3 is 2.42 bits per heavy atom. The average molecular weight is 445 g/mol. The summed E-state index contributed by atoms with van der Waals surface area (Å²) in [5.74, 6) is 1.37. The van der Waals surface area contributed by atoms with Crippen molar-refractivity contribution < 1.29 is 18.7 Å². The van der Waals surface area contributed by atoms with E-state index in [0.29, 0.717) is 31.1 Å². The first-order valence-electron chi connectivity index (χ1n) is 10.6. The number of hydrogen-bond acceptors (Lipinski definition) is 4. The summed E-state index contributed by atoms with van der Waals surface area (Å²) in [6.07, 6.45) is 1.74. The van der Waals surface area contributed by atoms with E-state index in [1.54, 1.807) is 35.1 Å². The molecule has 7 heteroatoms. The number of nitrogens with one attached hydrogen (secondary N) is 1. The number of hydrogen-bond donors (Lipinski definition) is 1. The molecule has 1 heterocycles. The Bertz CT molecular complexity index is 1220. The first-order valence-corrected chi connectivity index (χ1v) is 10.6. The zero-order valence-corrected chi connectivity index (χ0v) is 18.2. The molecule has 168 valence electrons. The quantitative estimate of drug-likeness (QED) is 0.380. The molecule has 6 nitrogen and oxygen atoms in total. The minimum absolute atomic E-state index is 0.270. The fraction of sp³-hybridized carbons (Fsp3) is 0.154. The molecule has 0 aliphatic rings. The van der Waals surface area contributed by atoms with E-state index in [9.17, 15) is 9.18 Å². The summed E-state index contributed by atoms with van der Waals surface area (Å²) in [5.41, 5.74) is 2.16. The molecular weight excluding hydrogens is 421 g/mol. The third-order valence-corrected chi connectivity index (χ3v) is 4.85. The summed E-state index contributed by atoms with van der Waals surface area (Å²) in [6.45, 7) is 3.29. The number of benzene rings is 3. The van der Waals surface area contributed by atoms with Gasteiger partial charge in [-0.1, -0.05) is 24.3 Å². The highest BCUT2D eigenvalue weighted by Crippen LogP contribution is 2.19. The van der Waals surface area contributed by atoms with E-state index >= 15 is 0 Å². The van der Waals surface area contributed by atoms with Gasteiger partial charge < -0.3 is 14.8 Å². The molecule has 0 bridgehead atoms. The van der Waals surface area contributed by atoms with E-state index in [1.807, 2.05) is 49.4 Å². The molecule has 0 unspecified atom stereocenters. The molecule has 1 aromatic heterocycles. The third kappa shape index (κ3) is 6.20. The second kappa shape index (κ2) is 10.5. The highest BCUT2D eigenvalue weighted by atomic mass is 19.1. The first kappa shape index (κ1) is 22.1. The highest BCUT2D eigenvalue weighted by molar-refractivity contribution is 6.03. The molecule has 0 fully saturated rings.